The van der Waals surface area contributed by atoms with E-state index in [0.717, 1.165) is 15.6 Å². The van der Waals surface area contributed by atoms with Crippen LogP contribution >= 0.6 is 22.9 Å². The molecule has 1 heterocycles. The van der Waals surface area contributed by atoms with Crippen LogP contribution < -0.4 is 5.73 Å². The molecule has 0 unspecified atom stereocenters. The van der Waals surface area contributed by atoms with Crippen molar-refractivity contribution < 1.29 is 0 Å². The number of thiophene rings is 1. The summed E-state index contributed by atoms with van der Waals surface area (Å²) in [6.45, 7) is 2.01. The molecule has 0 spiro atoms. The number of hydrogen-bond acceptors (Lipinski definition) is 2. The maximum Gasteiger partial charge on any atom is 0.0868 e. The number of nitrogens with two attached hydrogens (primary N) is 1. The van der Waals surface area contributed by atoms with Gasteiger partial charge in [0.1, 0.15) is 0 Å². The minimum absolute atomic E-state index is 0.810. The molecule has 0 aliphatic rings. The second kappa shape index (κ2) is 2.64. The fraction of sp³-hybridized carbons (Fsp3) is 0.111. The quantitative estimate of drug-likeness (QED) is 0.688. The van der Waals surface area contributed by atoms with Crippen LogP contribution in [0.5, 0.6) is 0 Å². The van der Waals surface area contributed by atoms with Crippen LogP contribution in [0, 0.1) is 6.92 Å². The van der Waals surface area contributed by atoms with Gasteiger partial charge in [-0.25, -0.2) is 0 Å². The fourth-order valence-electron chi connectivity index (χ4n) is 1.24. The zero-order chi connectivity index (χ0) is 8.72. The van der Waals surface area contributed by atoms with Crippen molar-refractivity contribution in [1.82, 2.24) is 0 Å². The van der Waals surface area contributed by atoms with Crippen molar-refractivity contribution in [2.75, 3.05) is 5.73 Å². The van der Waals surface area contributed by atoms with Gasteiger partial charge in [-0.15, -0.1) is 11.3 Å². The average Bonchev–Trinajstić information content (AvgIpc) is 2.39. The Morgan fingerprint density at radius 3 is 2.92 bits per heavy atom. The van der Waals surface area contributed by atoms with E-state index in [4.69, 9.17) is 17.3 Å². The van der Waals surface area contributed by atoms with Crippen LogP contribution in [0.2, 0.25) is 5.02 Å². The molecule has 0 amide bonds. The van der Waals surface area contributed by atoms with Crippen LogP contribution in [0.15, 0.2) is 18.2 Å². The molecule has 2 N–H and O–H groups in total. The lowest BCUT2D eigenvalue weighted by atomic mass is 10.2. The molecule has 3 heteroatoms. The van der Waals surface area contributed by atoms with Gasteiger partial charge in [0.15, 0.2) is 0 Å². The summed E-state index contributed by atoms with van der Waals surface area (Å²) in [5.74, 6) is 0. The highest BCUT2D eigenvalue weighted by molar-refractivity contribution is 7.22. The molecule has 0 fully saturated rings. The number of anilines is 1. The first-order valence-corrected chi connectivity index (χ1v) is 4.82. The molecule has 0 aliphatic heterocycles. The van der Waals surface area contributed by atoms with Crippen molar-refractivity contribution in [3.63, 3.8) is 0 Å². The highest BCUT2D eigenvalue weighted by Gasteiger charge is 2.04. The van der Waals surface area contributed by atoms with Gasteiger partial charge in [0.05, 0.1) is 5.00 Å². The molecule has 0 bridgehead atoms. The lowest BCUT2D eigenvalue weighted by Gasteiger charge is -1.96. The van der Waals surface area contributed by atoms with E-state index in [0.29, 0.717) is 0 Å². The van der Waals surface area contributed by atoms with Crippen molar-refractivity contribution in [2.24, 2.45) is 0 Å². The summed E-state index contributed by atoms with van der Waals surface area (Å²) in [4.78, 5) is 0. The molecule has 0 atom stereocenters. The predicted octanol–water partition coefficient (Wildman–Crippen LogP) is 3.45. The lowest BCUT2D eigenvalue weighted by molar-refractivity contribution is 1.56. The summed E-state index contributed by atoms with van der Waals surface area (Å²) in [6, 6.07) is 5.88. The SMILES string of the molecule is Cc1c(Cl)ccc2cc(N)sc12. The van der Waals surface area contributed by atoms with Gasteiger partial charge in [-0.2, -0.15) is 0 Å². The highest BCUT2D eigenvalue weighted by Crippen LogP contribution is 2.33. The summed E-state index contributed by atoms with van der Waals surface area (Å²) in [6.07, 6.45) is 0. The summed E-state index contributed by atoms with van der Waals surface area (Å²) in [7, 11) is 0. The van der Waals surface area contributed by atoms with E-state index >= 15 is 0 Å². The number of fused-ring (bicyclic) bond motifs is 1. The van der Waals surface area contributed by atoms with Crippen molar-refractivity contribution in [3.8, 4) is 0 Å². The van der Waals surface area contributed by atoms with E-state index in [2.05, 4.69) is 0 Å². The summed E-state index contributed by atoms with van der Waals surface area (Å²) >= 11 is 7.55. The zero-order valence-corrected chi connectivity index (χ0v) is 8.17. The van der Waals surface area contributed by atoms with Crippen LogP contribution in [0.4, 0.5) is 5.00 Å². The predicted molar refractivity (Wildman–Crippen MR) is 56.0 cm³/mol. The van der Waals surface area contributed by atoms with Gasteiger partial charge < -0.3 is 5.73 Å². The molecular formula is C9H8ClNS. The number of aryl methyl sites for hydroxylation is 1. The number of benzene rings is 1. The van der Waals surface area contributed by atoms with Crippen molar-refractivity contribution in [2.45, 2.75) is 6.92 Å². The third-order valence-corrected chi connectivity index (χ3v) is 3.40. The van der Waals surface area contributed by atoms with E-state index in [1.807, 2.05) is 25.1 Å². The zero-order valence-electron chi connectivity index (χ0n) is 6.60. The molecule has 0 aliphatic carbocycles. The lowest BCUT2D eigenvalue weighted by Crippen LogP contribution is -1.73. The molecule has 1 aromatic carbocycles. The van der Waals surface area contributed by atoms with Gasteiger partial charge in [-0.3, -0.25) is 0 Å². The van der Waals surface area contributed by atoms with E-state index in [9.17, 15) is 0 Å². The van der Waals surface area contributed by atoms with Crippen molar-refractivity contribution in [1.29, 1.82) is 0 Å². The van der Waals surface area contributed by atoms with Gasteiger partial charge in [0.2, 0.25) is 0 Å². The monoisotopic (exact) mass is 197 g/mol. The van der Waals surface area contributed by atoms with E-state index < -0.39 is 0 Å². The maximum absolute atomic E-state index is 5.96. The molecule has 0 saturated heterocycles. The third-order valence-electron chi connectivity index (χ3n) is 1.89. The molecule has 2 rings (SSSR count). The van der Waals surface area contributed by atoms with Crippen molar-refractivity contribution >= 4 is 38.0 Å². The maximum atomic E-state index is 5.96. The number of nitrogen functional groups attached to an aromatic ring is 1. The Bertz CT molecular complexity index is 433. The average molecular weight is 198 g/mol. The molecule has 1 nitrogen and oxygen atoms in total. The smallest absolute Gasteiger partial charge is 0.0868 e. The van der Waals surface area contributed by atoms with Crippen LogP contribution in [-0.2, 0) is 0 Å². The van der Waals surface area contributed by atoms with E-state index in [-0.39, 0.29) is 0 Å². The Balaban J connectivity index is 2.89. The number of halogens is 1. The van der Waals surface area contributed by atoms with Gasteiger partial charge in [-0.05, 0) is 30.0 Å². The first kappa shape index (κ1) is 7.90. The Labute approximate surface area is 79.8 Å². The first-order valence-electron chi connectivity index (χ1n) is 3.62. The highest BCUT2D eigenvalue weighted by atomic mass is 35.5. The fourth-order valence-corrected chi connectivity index (χ4v) is 2.38. The third kappa shape index (κ3) is 1.08. The second-order valence-corrected chi connectivity index (χ2v) is 4.23. The molecule has 62 valence electrons. The minimum atomic E-state index is 0.810. The largest absolute Gasteiger partial charge is 0.391 e. The Kier molecular flexibility index (Phi) is 1.74. The van der Waals surface area contributed by atoms with Gasteiger partial charge in [-0.1, -0.05) is 17.7 Å². The second-order valence-electron chi connectivity index (χ2n) is 2.74. The standard InChI is InChI=1S/C9H8ClNS/c1-5-7(10)3-2-6-4-8(11)12-9(5)6/h2-4H,11H2,1H3. The van der Waals surface area contributed by atoms with Gasteiger partial charge >= 0.3 is 0 Å². The van der Waals surface area contributed by atoms with Crippen LogP contribution in [0.3, 0.4) is 0 Å². The molecule has 12 heavy (non-hydrogen) atoms. The number of rotatable bonds is 0. The van der Waals surface area contributed by atoms with Crippen LogP contribution in [-0.4, -0.2) is 0 Å². The summed E-state index contributed by atoms with van der Waals surface area (Å²) in [5, 5.41) is 2.83. The first-order chi connectivity index (χ1) is 5.68. The van der Waals surface area contributed by atoms with E-state index in [1.165, 1.54) is 10.1 Å². The van der Waals surface area contributed by atoms with Crippen molar-refractivity contribution in [3.05, 3.63) is 28.8 Å². The van der Waals surface area contributed by atoms with Crippen LogP contribution in [0.1, 0.15) is 5.56 Å². The summed E-state index contributed by atoms with van der Waals surface area (Å²) < 4.78 is 1.19. The number of hydrogen-bond donors (Lipinski definition) is 1. The van der Waals surface area contributed by atoms with Gasteiger partial charge in [0.25, 0.3) is 0 Å². The minimum Gasteiger partial charge on any atom is -0.391 e. The molecule has 2 aromatic rings. The van der Waals surface area contributed by atoms with Crippen LogP contribution in [0.25, 0.3) is 10.1 Å². The molecular weight excluding hydrogens is 190 g/mol. The molecule has 0 saturated carbocycles. The molecule has 0 radical (unpaired) electrons. The molecule has 1 aromatic heterocycles. The normalized spacial score (nSPS) is 10.8. The topological polar surface area (TPSA) is 26.0 Å². The Hall–Kier alpha value is -0.730. The van der Waals surface area contributed by atoms with Gasteiger partial charge in [0, 0.05) is 9.72 Å². The van der Waals surface area contributed by atoms with E-state index in [1.54, 1.807) is 11.3 Å². The Morgan fingerprint density at radius 2 is 2.17 bits per heavy atom. The summed E-state index contributed by atoms with van der Waals surface area (Å²) in [5.41, 5.74) is 6.81. The Morgan fingerprint density at radius 1 is 1.42 bits per heavy atom.